The molecule has 6 heteroatoms. The van der Waals surface area contributed by atoms with Gasteiger partial charge in [-0.25, -0.2) is 9.78 Å². The second-order valence-electron chi connectivity index (χ2n) is 3.29. The summed E-state index contributed by atoms with van der Waals surface area (Å²) in [6.07, 6.45) is -1.11. The first kappa shape index (κ1) is 11.9. The number of rotatable bonds is 3. The van der Waals surface area contributed by atoms with Gasteiger partial charge in [0.1, 0.15) is 5.82 Å². The highest BCUT2D eigenvalue weighted by molar-refractivity contribution is 9.10. The summed E-state index contributed by atoms with van der Waals surface area (Å²) in [5.74, 6) is 0.336. The molecule has 0 unspecified atom stereocenters. The molecular weight excluding hydrogens is 262 g/mol. The summed E-state index contributed by atoms with van der Waals surface area (Å²) in [7, 11) is 3.84. The first-order chi connectivity index (χ1) is 6.99. The standard InChI is InChI=1S/C9H12BrN3O2/c1-13(2)5-7-6(10)3-4-8(11-7)12-9(14)15/h3-4H,5H2,1-2H3,(H,11,12)(H,14,15). The second-order valence-corrected chi connectivity index (χ2v) is 4.15. The number of anilines is 1. The van der Waals surface area contributed by atoms with E-state index >= 15 is 0 Å². The van der Waals surface area contributed by atoms with E-state index in [4.69, 9.17) is 5.11 Å². The summed E-state index contributed by atoms with van der Waals surface area (Å²) in [5, 5.41) is 10.7. The van der Waals surface area contributed by atoms with Gasteiger partial charge >= 0.3 is 6.09 Å². The van der Waals surface area contributed by atoms with E-state index in [0.29, 0.717) is 12.4 Å². The lowest BCUT2D eigenvalue weighted by atomic mass is 10.3. The largest absolute Gasteiger partial charge is 0.465 e. The number of nitrogens with zero attached hydrogens (tertiary/aromatic N) is 2. The molecule has 0 aliphatic carbocycles. The van der Waals surface area contributed by atoms with Crippen LogP contribution in [0.1, 0.15) is 5.69 Å². The molecular formula is C9H12BrN3O2. The van der Waals surface area contributed by atoms with Crippen LogP contribution in [0.15, 0.2) is 16.6 Å². The maximum absolute atomic E-state index is 10.4. The zero-order valence-corrected chi connectivity index (χ0v) is 10.1. The quantitative estimate of drug-likeness (QED) is 0.884. The summed E-state index contributed by atoms with van der Waals surface area (Å²) in [5.41, 5.74) is 0.797. The van der Waals surface area contributed by atoms with E-state index in [1.165, 1.54) is 0 Å². The van der Waals surface area contributed by atoms with Crippen LogP contribution in [0.2, 0.25) is 0 Å². The van der Waals surface area contributed by atoms with E-state index in [1.807, 2.05) is 19.0 Å². The Hall–Kier alpha value is -1.14. The first-order valence-electron chi connectivity index (χ1n) is 4.29. The van der Waals surface area contributed by atoms with Gasteiger partial charge in [0.15, 0.2) is 0 Å². The number of nitrogens with one attached hydrogen (secondary N) is 1. The summed E-state index contributed by atoms with van der Waals surface area (Å²) in [4.78, 5) is 16.5. The highest BCUT2D eigenvalue weighted by Crippen LogP contribution is 2.18. The SMILES string of the molecule is CN(C)Cc1nc(NC(=O)O)ccc1Br. The normalized spacial score (nSPS) is 10.4. The highest BCUT2D eigenvalue weighted by Gasteiger charge is 2.06. The second kappa shape index (κ2) is 5.09. The predicted octanol–water partition coefficient (Wildman–Crippen LogP) is 2.00. The average molecular weight is 274 g/mol. The Morgan fingerprint density at radius 1 is 1.60 bits per heavy atom. The number of carbonyl (C=O) groups is 1. The molecule has 1 heterocycles. The molecule has 5 nitrogen and oxygen atoms in total. The van der Waals surface area contributed by atoms with E-state index in [1.54, 1.807) is 12.1 Å². The van der Waals surface area contributed by atoms with Crippen molar-refractivity contribution in [1.82, 2.24) is 9.88 Å². The van der Waals surface area contributed by atoms with E-state index < -0.39 is 6.09 Å². The van der Waals surface area contributed by atoms with Crippen LogP contribution in [0, 0.1) is 0 Å². The Morgan fingerprint density at radius 3 is 2.80 bits per heavy atom. The molecule has 1 rings (SSSR count). The van der Waals surface area contributed by atoms with Crippen LogP contribution in [0.3, 0.4) is 0 Å². The van der Waals surface area contributed by atoms with Gasteiger partial charge < -0.3 is 10.0 Å². The van der Waals surface area contributed by atoms with Crippen molar-refractivity contribution < 1.29 is 9.90 Å². The van der Waals surface area contributed by atoms with E-state index in [9.17, 15) is 4.79 Å². The highest BCUT2D eigenvalue weighted by atomic mass is 79.9. The fraction of sp³-hybridized carbons (Fsp3) is 0.333. The maximum atomic E-state index is 10.4. The fourth-order valence-corrected chi connectivity index (χ4v) is 1.42. The lowest BCUT2D eigenvalue weighted by Gasteiger charge is -2.11. The van der Waals surface area contributed by atoms with Crippen LogP contribution < -0.4 is 5.32 Å². The van der Waals surface area contributed by atoms with E-state index in [0.717, 1.165) is 10.2 Å². The number of amides is 1. The van der Waals surface area contributed by atoms with Gasteiger partial charge in [0, 0.05) is 11.0 Å². The Labute approximate surface area is 96.2 Å². The summed E-state index contributed by atoms with van der Waals surface area (Å²) < 4.78 is 0.868. The monoisotopic (exact) mass is 273 g/mol. The van der Waals surface area contributed by atoms with Crippen molar-refractivity contribution in [2.75, 3.05) is 19.4 Å². The zero-order valence-electron chi connectivity index (χ0n) is 8.49. The lowest BCUT2D eigenvalue weighted by molar-refractivity contribution is 0.209. The van der Waals surface area contributed by atoms with E-state index in [-0.39, 0.29) is 0 Å². The molecule has 1 aromatic heterocycles. The summed E-state index contributed by atoms with van der Waals surface area (Å²) >= 11 is 3.36. The summed E-state index contributed by atoms with van der Waals surface area (Å²) in [6.45, 7) is 0.649. The molecule has 0 saturated heterocycles. The molecule has 1 amide bonds. The number of halogens is 1. The van der Waals surface area contributed by atoms with Crippen molar-refractivity contribution >= 4 is 27.8 Å². The van der Waals surface area contributed by atoms with Crippen LogP contribution in [0.5, 0.6) is 0 Å². The van der Waals surface area contributed by atoms with Crippen molar-refractivity contribution in [3.8, 4) is 0 Å². The van der Waals surface area contributed by atoms with Gasteiger partial charge in [-0.05, 0) is 42.2 Å². The molecule has 0 atom stereocenters. The van der Waals surface area contributed by atoms with Crippen LogP contribution in [-0.2, 0) is 6.54 Å². The van der Waals surface area contributed by atoms with Crippen LogP contribution in [0.4, 0.5) is 10.6 Å². The molecule has 2 N–H and O–H groups in total. The van der Waals surface area contributed by atoms with Crippen LogP contribution >= 0.6 is 15.9 Å². The molecule has 0 aliphatic rings. The average Bonchev–Trinajstić information content (AvgIpc) is 2.09. The zero-order chi connectivity index (χ0) is 11.4. The molecule has 82 valence electrons. The Balaban J connectivity index is 2.89. The minimum Gasteiger partial charge on any atom is -0.465 e. The topological polar surface area (TPSA) is 65.5 Å². The minimum atomic E-state index is -1.11. The van der Waals surface area contributed by atoms with Gasteiger partial charge in [0.2, 0.25) is 0 Å². The number of hydrogen-bond donors (Lipinski definition) is 2. The number of carboxylic acid groups (broad SMARTS) is 1. The summed E-state index contributed by atoms with van der Waals surface area (Å²) in [6, 6.07) is 3.38. The van der Waals surface area contributed by atoms with Crippen molar-refractivity contribution in [2.24, 2.45) is 0 Å². The van der Waals surface area contributed by atoms with Crippen LogP contribution in [-0.4, -0.2) is 35.2 Å². The number of aromatic nitrogens is 1. The fourth-order valence-electron chi connectivity index (χ4n) is 1.07. The smallest absolute Gasteiger partial charge is 0.410 e. The van der Waals surface area contributed by atoms with Crippen molar-refractivity contribution in [2.45, 2.75) is 6.54 Å². The van der Waals surface area contributed by atoms with Gasteiger partial charge in [-0.15, -0.1) is 0 Å². The number of pyridine rings is 1. The predicted molar refractivity (Wildman–Crippen MR) is 61.0 cm³/mol. The molecule has 0 aliphatic heterocycles. The number of hydrogen-bond acceptors (Lipinski definition) is 3. The molecule has 0 aromatic carbocycles. The molecule has 0 spiro atoms. The Bertz CT molecular complexity index is 368. The Kier molecular flexibility index (Phi) is 4.05. The van der Waals surface area contributed by atoms with Crippen molar-refractivity contribution in [3.05, 3.63) is 22.3 Å². The third-order valence-electron chi connectivity index (χ3n) is 1.62. The van der Waals surface area contributed by atoms with Crippen LogP contribution in [0.25, 0.3) is 0 Å². The molecule has 1 aromatic rings. The molecule has 0 fully saturated rings. The lowest BCUT2D eigenvalue weighted by Crippen LogP contribution is -2.14. The molecule has 0 bridgehead atoms. The third kappa shape index (κ3) is 3.85. The van der Waals surface area contributed by atoms with Gasteiger partial charge in [-0.3, -0.25) is 5.32 Å². The molecule has 0 saturated carbocycles. The van der Waals surface area contributed by atoms with Gasteiger partial charge in [0.25, 0.3) is 0 Å². The van der Waals surface area contributed by atoms with E-state index in [2.05, 4.69) is 26.2 Å². The van der Waals surface area contributed by atoms with Gasteiger partial charge in [0.05, 0.1) is 5.69 Å². The van der Waals surface area contributed by atoms with Gasteiger partial charge in [-0.1, -0.05) is 0 Å². The maximum Gasteiger partial charge on any atom is 0.410 e. The minimum absolute atomic E-state index is 0.336. The molecule has 0 radical (unpaired) electrons. The van der Waals surface area contributed by atoms with Crippen molar-refractivity contribution in [1.29, 1.82) is 0 Å². The first-order valence-corrected chi connectivity index (χ1v) is 5.08. The Morgan fingerprint density at radius 2 is 2.27 bits per heavy atom. The third-order valence-corrected chi connectivity index (χ3v) is 2.34. The van der Waals surface area contributed by atoms with Crippen molar-refractivity contribution in [3.63, 3.8) is 0 Å². The van der Waals surface area contributed by atoms with Gasteiger partial charge in [-0.2, -0.15) is 0 Å². The molecule has 15 heavy (non-hydrogen) atoms.